The van der Waals surface area contributed by atoms with Crippen molar-refractivity contribution >= 4 is 33.3 Å². The highest BCUT2D eigenvalue weighted by Gasteiger charge is 2.63. The van der Waals surface area contributed by atoms with Gasteiger partial charge in [0.25, 0.3) is 0 Å². The lowest BCUT2D eigenvalue weighted by molar-refractivity contribution is 0.0187. The number of rotatable bonds is 9. The lowest BCUT2D eigenvalue weighted by Gasteiger charge is -2.68. The van der Waals surface area contributed by atoms with Crippen molar-refractivity contribution in [1.82, 2.24) is 9.97 Å². The Morgan fingerprint density at radius 3 is 1.43 bits per heavy atom. The lowest BCUT2D eigenvalue weighted by Crippen LogP contribution is -2.57. The first-order valence-electron chi connectivity index (χ1n) is 20.1. The first kappa shape index (κ1) is 33.9. The van der Waals surface area contributed by atoms with Crippen LogP contribution in [0.25, 0.3) is 0 Å². The molecule has 2 nitrogen and oxygen atoms in total. The fourth-order valence-corrected chi connectivity index (χ4v) is 26.9. The monoisotopic (exact) mass is 724 g/mol. The van der Waals surface area contributed by atoms with E-state index in [1.165, 1.54) is 17.3 Å². The number of nitrogens with zero attached hydrogens (tertiary/aromatic N) is 2. The van der Waals surface area contributed by atoms with E-state index in [0.717, 1.165) is 35.5 Å². The largest absolute Gasteiger partial charge is 0.264 e. The third-order valence-electron chi connectivity index (χ3n) is 15.2. The molecule has 2 aromatic rings. The Morgan fingerprint density at radius 2 is 1.10 bits per heavy atom. The third kappa shape index (κ3) is 5.57. The van der Waals surface area contributed by atoms with Crippen LogP contribution in [0.2, 0.25) is 44.8 Å². The molecule has 0 N–H and O–H groups in total. The molecule has 0 radical (unpaired) electrons. The minimum atomic E-state index is -1.65. The Bertz CT molecular complexity index is 1500. The average molecular weight is 725 g/mol. The maximum atomic E-state index is 4.77. The van der Waals surface area contributed by atoms with Crippen molar-refractivity contribution in [2.75, 3.05) is 6.16 Å². The maximum Gasteiger partial charge on any atom is 0.0728 e. The van der Waals surface area contributed by atoms with Gasteiger partial charge >= 0.3 is 0 Å². The summed E-state index contributed by atoms with van der Waals surface area (Å²) in [5.74, 6) is 6.15. The van der Waals surface area contributed by atoms with Crippen molar-refractivity contribution in [1.29, 1.82) is 0 Å². The predicted octanol–water partition coefficient (Wildman–Crippen LogP) is 11.8. The van der Waals surface area contributed by atoms with Gasteiger partial charge in [0.2, 0.25) is 0 Å². The third-order valence-corrected chi connectivity index (χ3v) is 25.0. The summed E-state index contributed by atoms with van der Waals surface area (Å²) >= 11 is 0. The molecule has 9 aliphatic carbocycles. The molecule has 0 saturated heterocycles. The molecule has 2 aromatic heterocycles. The van der Waals surface area contributed by atoms with Crippen molar-refractivity contribution < 1.29 is 0 Å². The van der Waals surface area contributed by atoms with Crippen LogP contribution >= 0.6 is 17.2 Å². The SMILES string of the molecule is C[Si](C)(C)C1=CC(C(P)(c2cccnc2)c2cccnc2)=C(CP(C23CC4CC(CC(C4)C2)C3)C23CC4CC(CC(C4)C2)C3)C1[Si](C)(C)C. The molecule has 0 aliphatic heterocycles. The van der Waals surface area contributed by atoms with Gasteiger partial charge in [0.05, 0.1) is 21.3 Å². The van der Waals surface area contributed by atoms with E-state index in [9.17, 15) is 0 Å². The van der Waals surface area contributed by atoms with Crippen LogP contribution in [0.1, 0.15) is 88.2 Å². The minimum Gasteiger partial charge on any atom is -0.264 e. The van der Waals surface area contributed by atoms with E-state index in [1.807, 2.05) is 23.2 Å². The van der Waals surface area contributed by atoms with Gasteiger partial charge in [-0.15, -0.1) is 9.24 Å². The van der Waals surface area contributed by atoms with Crippen molar-refractivity contribution in [2.24, 2.45) is 35.5 Å². The van der Waals surface area contributed by atoms with Crippen LogP contribution in [0.5, 0.6) is 0 Å². The molecule has 0 spiro atoms. The number of pyridine rings is 2. The molecule has 2 heterocycles. The molecule has 2 atom stereocenters. The zero-order valence-electron chi connectivity index (χ0n) is 31.3. The van der Waals surface area contributed by atoms with Crippen molar-refractivity contribution in [3.8, 4) is 0 Å². The molecule has 8 bridgehead atoms. The van der Waals surface area contributed by atoms with Crippen molar-refractivity contribution in [3.63, 3.8) is 0 Å². The molecular formula is C43H62N2P2Si2. The van der Waals surface area contributed by atoms with Crippen LogP contribution in [-0.4, -0.2) is 42.6 Å². The van der Waals surface area contributed by atoms with Crippen LogP contribution < -0.4 is 0 Å². The Labute approximate surface area is 303 Å². The molecule has 8 fully saturated rings. The first-order chi connectivity index (χ1) is 23.3. The fraction of sp³-hybridized carbons (Fsp3) is 0.674. The van der Waals surface area contributed by atoms with Gasteiger partial charge in [0, 0.05) is 24.8 Å². The molecule has 8 saturated carbocycles. The van der Waals surface area contributed by atoms with Crippen LogP contribution in [0, 0.1) is 35.5 Å². The van der Waals surface area contributed by atoms with Crippen molar-refractivity contribution in [3.05, 3.63) is 82.6 Å². The summed E-state index contributed by atoms with van der Waals surface area (Å²) in [5.41, 5.74) is 6.78. The molecule has 0 aromatic carbocycles. The Kier molecular flexibility index (Phi) is 8.15. The van der Waals surface area contributed by atoms with Crippen LogP contribution in [-0.2, 0) is 5.16 Å². The molecule has 2 unspecified atom stereocenters. The lowest BCUT2D eigenvalue weighted by atomic mass is 9.55. The highest BCUT2D eigenvalue weighted by Crippen LogP contribution is 2.80. The van der Waals surface area contributed by atoms with E-state index in [0.29, 0.717) is 15.9 Å². The molecule has 9 aliphatic rings. The normalized spacial score (nSPS) is 38.8. The van der Waals surface area contributed by atoms with E-state index in [-0.39, 0.29) is 13.1 Å². The molecule has 262 valence electrons. The predicted molar refractivity (Wildman–Crippen MR) is 218 cm³/mol. The topological polar surface area (TPSA) is 25.8 Å². The highest BCUT2D eigenvalue weighted by molar-refractivity contribution is 7.61. The van der Waals surface area contributed by atoms with Crippen LogP contribution in [0.4, 0.5) is 0 Å². The van der Waals surface area contributed by atoms with Gasteiger partial charge in [-0.2, -0.15) is 0 Å². The first-order valence-corrected chi connectivity index (χ1v) is 29.3. The van der Waals surface area contributed by atoms with E-state index in [2.05, 4.69) is 91.3 Å². The summed E-state index contributed by atoms with van der Waals surface area (Å²) in [6.45, 7) is 16.1. The van der Waals surface area contributed by atoms with E-state index in [4.69, 9.17) is 9.97 Å². The summed E-state index contributed by atoms with van der Waals surface area (Å²) in [6, 6.07) is 9.03. The van der Waals surface area contributed by atoms with Gasteiger partial charge < -0.3 is 0 Å². The van der Waals surface area contributed by atoms with Crippen LogP contribution in [0.15, 0.2) is 71.5 Å². The van der Waals surface area contributed by atoms with Gasteiger partial charge in [-0.05, 0) is 163 Å². The quantitative estimate of drug-likeness (QED) is 0.190. The summed E-state index contributed by atoms with van der Waals surface area (Å²) in [5, 5.41) is 2.76. The zero-order valence-corrected chi connectivity index (χ0v) is 35.4. The summed E-state index contributed by atoms with van der Waals surface area (Å²) in [4.78, 5) is 9.53. The number of aromatic nitrogens is 2. The van der Waals surface area contributed by atoms with Gasteiger partial charge in [0.15, 0.2) is 0 Å². The fourth-order valence-electron chi connectivity index (χ4n) is 14.3. The smallest absolute Gasteiger partial charge is 0.0728 e. The van der Waals surface area contributed by atoms with Gasteiger partial charge in [-0.1, -0.05) is 76.2 Å². The number of hydrogen-bond acceptors (Lipinski definition) is 2. The molecule has 6 heteroatoms. The summed E-state index contributed by atoms with van der Waals surface area (Å²) in [7, 11) is 0.0435. The van der Waals surface area contributed by atoms with E-state index in [1.54, 1.807) is 82.6 Å². The Balaban J connectivity index is 1.27. The second-order valence-electron chi connectivity index (χ2n) is 20.7. The van der Waals surface area contributed by atoms with Crippen LogP contribution in [0.3, 0.4) is 0 Å². The molecule has 0 amide bonds. The second kappa shape index (κ2) is 11.8. The standard InChI is InChI=1S/C43H62N2P2Si2/c1-48(2,3)39-19-38(43(46,35-9-7-11-44-26-35)36-10-8-12-45-27-36)37(40(39)49(4,5)6)28-47(41-20-29-13-30(21-41)15-31(14-29)22-41)42-23-32-16-33(24-42)18-34(17-32)25-42/h7-12,19,26-27,29-34,40H,13-18,20-25,28,46H2,1-6H3. The van der Waals surface area contributed by atoms with E-state index >= 15 is 0 Å². The zero-order chi connectivity index (χ0) is 34.0. The highest BCUT2D eigenvalue weighted by atomic mass is 31.1. The summed E-state index contributed by atoms with van der Waals surface area (Å²) < 4.78 is 0. The van der Waals surface area contributed by atoms with Gasteiger partial charge in [-0.25, -0.2) is 0 Å². The van der Waals surface area contributed by atoms with Gasteiger partial charge in [0.1, 0.15) is 0 Å². The Hall–Kier alpha value is -0.926. The van der Waals surface area contributed by atoms with Gasteiger partial charge in [-0.3, -0.25) is 9.97 Å². The van der Waals surface area contributed by atoms with E-state index < -0.39 is 16.1 Å². The van der Waals surface area contributed by atoms with Crippen molar-refractivity contribution in [2.45, 2.75) is 137 Å². The average Bonchev–Trinajstić information content (AvgIpc) is 3.44. The Morgan fingerprint density at radius 1 is 0.694 bits per heavy atom. The minimum absolute atomic E-state index is 0.154. The second-order valence-corrected chi connectivity index (χ2v) is 35.1. The number of hydrogen-bond donors (Lipinski definition) is 0. The maximum absolute atomic E-state index is 4.77. The molecule has 11 rings (SSSR count). The molecular weight excluding hydrogens is 663 g/mol. The summed E-state index contributed by atoms with van der Waals surface area (Å²) in [6.07, 6.45) is 31.3. The molecule has 49 heavy (non-hydrogen) atoms. The number of allylic oxidation sites excluding steroid dienone is 4.